The molecule has 0 atom stereocenters. The summed E-state index contributed by atoms with van der Waals surface area (Å²) in [5, 5.41) is 0. The zero-order valence-corrected chi connectivity index (χ0v) is 15.2. The highest BCUT2D eigenvalue weighted by atomic mass is 19.4. The zero-order valence-electron chi connectivity index (χ0n) is 15.2. The van der Waals surface area contributed by atoms with E-state index in [2.05, 4.69) is 4.74 Å². The van der Waals surface area contributed by atoms with Crippen LogP contribution in [0.2, 0.25) is 0 Å². The fourth-order valence-corrected chi connectivity index (χ4v) is 4.83. The van der Waals surface area contributed by atoms with Crippen LogP contribution in [0.25, 0.3) is 0 Å². The van der Waals surface area contributed by atoms with Gasteiger partial charge in [-0.3, -0.25) is 0 Å². The van der Waals surface area contributed by atoms with Crippen molar-refractivity contribution in [2.45, 2.75) is 63.6 Å². The average molecular weight is 388 g/mol. The molecule has 150 valence electrons. The van der Waals surface area contributed by atoms with Crippen LogP contribution in [0.3, 0.4) is 0 Å². The Balaban J connectivity index is 1.47. The second-order valence-corrected chi connectivity index (χ2v) is 7.86. The molecule has 2 fully saturated rings. The maximum atomic E-state index is 12.4. The summed E-state index contributed by atoms with van der Waals surface area (Å²) in [6.45, 7) is 0. The zero-order chi connectivity index (χ0) is 19.4. The van der Waals surface area contributed by atoms with Gasteiger partial charge in [-0.1, -0.05) is 12.1 Å². The SMILES string of the molecule is FC(F)=CC1CCC(C2CCC(c3ccc(OC(F)(F)F)cc3)CC2)CC1. The summed E-state index contributed by atoms with van der Waals surface area (Å²) >= 11 is 0. The second-order valence-electron chi connectivity index (χ2n) is 7.86. The van der Waals surface area contributed by atoms with Crippen molar-refractivity contribution >= 4 is 0 Å². The number of benzene rings is 1. The maximum Gasteiger partial charge on any atom is 0.573 e. The molecule has 2 saturated carbocycles. The molecule has 0 heterocycles. The van der Waals surface area contributed by atoms with Crippen LogP contribution in [0.5, 0.6) is 5.75 Å². The fraction of sp³-hybridized carbons (Fsp3) is 0.619. The van der Waals surface area contributed by atoms with Gasteiger partial charge < -0.3 is 4.74 Å². The van der Waals surface area contributed by atoms with E-state index in [0.29, 0.717) is 17.8 Å². The minimum Gasteiger partial charge on any atom is -0.406 e. The second kappa shape index (κ2) is 8.61. The van der Waals surface area contributed by atoms with Crippen molar-refractivity contribution in [1.82, 2.24) is 0 Å². The van der Waals surface area contributed by atoms with E-state index in [-0.39, 0.29) is 11.7 Å². The van der Waals surface area contributed by atoms with Crippen LogP contribution in [0.4, 0.5) is 22.0 Å². The molecule has 0 unspecified atom stereocenters. The van der Waals surface area contributed by atoms with Crippen LogP contribution in [-0.2, 0) is 0 Å². The van der Waals surface area contributed by atoms with E-state index < -0.39 is 12.4 Å². The quantitative estimate of drug-likeness (QED) is 0.487. The number of hydrogen-bond donors (Lipinski definition) is 0. The monoisotopic (exact) mass is 388 g/mol. The number of allylic oxidation sites excluding steroid dienone is 1. The third-order valence-electron chi connectivity index (χ3n) is 6.20. The molecule has 0 radical (unpaired) electrons. The lowest BCUT2D eigenvalue weighted by atomic mass is 9.68. The van der Waals surface area contributed by atoms with Crippen molar-refractivity contribution in [1.29, 1.82) is 0 Å². The first-order chi connectivity index (χ1) is 12.8. The predicted octanol–water partition coefficient (Wildman–Crippen LogP) is 7.45. The van der Waals surface area contributed by atoms with Gasteiger partial charge >= 0.3 is 6.36 Å². The van der Waals surface area contributed by atoms with Crippen LogP contribution in [0.1, 0.15) is 62.8 Å². The standard InChI is InChI=1S/C21H25F5O/c22-20(23)13-14-1-3-15(4-2-14)16-5-7-17(8-6-16)18-9-11-19(12-10-18)27-21(24,25)26/h9-17H,1-8H2. The first-order valence-corrected chi connectivity index (χ1v) is 9.68. The molecule has 27 heavy (non-hydrogen) atoms. The number of hydrogen-bond acceptors (Lipinski definition) is 1. The molecule has 1 nitrogen and oxygen atoms in total. The average Bonchev–Trinajstić information content (AvgIpc) is 2.61. The molecular weight excluding hydrogens is 363 g/mol. The summed E-state index contributed by atoms with van der Waals surface area (Å²) in [5.41, 5.74) is 1.07. The lowest BCUT2D eigenvalue weighted by molar-refractivity contribution is -0.274. The summed E-state index contributed by atoms with van der Waals surface area (Å²) in [5.74, 6) is 1.49. The van der Waals surface area contributed by atoms with Gasteiger partial charge in [0.2, 0.25) is 0 Å². The molecular formula is C21H25F5O. The Morgan fingerprint density at radius 1 is 0.815 bits per heavy atom. The number of ether oxygens (including phenoxy) is 1. The highest BCUT2D eigenvalue weighted by Crippen LogP contribution is 2.44. The van der Waals surface area contributed by atoms with Gasteiger partial charge in [0, 0.05) is 0 Å². The highest BCUT2D eigenvalue weighted by molar-refractivity contribution is 5.29. The van der Waals surface area contributed by atoms with E-state index in [1.807, 2.05) is 0 Å². The van der Waals surface area contributed by atoms with Crippen LogP contribution >= 0.6 is 0 Å². The Morgan fingerprint density at radius 2 is 1.33 bits per heavy atom. The minimum atomic E-state index is -4.66. The minimum absolute atomic E-state index is 0.0278. The van der Waals surface area contributed by atoms with Crippen molar-refractivity contribution in [3.8, 4) is 5.75 Å². The summed E-state index contributed by atoms with van der Waals surface area (Å²) in [6, 6.07) is 6.23. The molecule has 0 N–H and O–H groups in total. The van der Waals surface area contributed by atoms with E-state index in [9.17, 15) is 22.0 Å². The Kier molecular flexibility index (Phi) is 6.43. The Bertz CT molecular complexity index is 617. The molecule has 0 aliphatic heterocycles. The lowest BCUT2D eigenvalue weighted by Crippen LogP contribution is -2.25. The van der Waals surface area contributed by atoms with E-state index in [1.54, 1.807) is 12.1 Å². The van der Waals surface area contributed by atoms with Crippen molar-refractivity contribution in [3.63, 3.8) is 0 Å². The van der Waals surface area contributed by atoms with Gasteiger partial charge in [0.05, 0.1) is 0 Å². The third-order valence-corrected chi connectivity index (χ3v) is 6.20. The van der Waals surface area contributed by atoms with Crippen LogP contribution in [-0.4, -0.2) is 6.36 Å². The van der Waals surface area contributed by atoms with E-state index in [1.165, 1.54) is 12.1 Å². The van der Waals surface area contributed by atoms with Gasteiger partial charge in [0.15, 0.2) is 0 Å². The van der Waals surface area contributed by atoms with Crippen molar-refractivity contribution in [3.05, 3.63) is 42.0 Å². The lowest BCUT2D eigenvalue weighted by Gasteiger charge is -2.37. The fourth-order valence-electron chi connectivity index (χ4n) is 4.83. The van der Waals surface area contributed by atoms with Crippen molar-refractivity contribution in [2.75, 3.05) is 0 Å². The van der Waals surface area contributed by atoms with Gasteiger partial charge in [-0.2, -0.15) is 8.78 Å². The first kappa shape index (κ1) is 20.2. The summed E-state index contributed by atoms with van der Waals surface area (Å²) in [7, 11) is 0. The highest BCUT2D eigenvalue weighted by Gasteiger charge is 2.32. The molecule has 0 saturated heterocycles. The maximum absolute atomic E-state index is 12.4. The van der Waals surface area contributed by atoms with Crippen LogP contribution < -0.4 is 4.74 Å². The third kappa shape index (κ3) is 5.94. The largest absolute Gasteiger partial charge is 0.573 e. The normalized spacial score (nSPS) is 29.2. The predicted molar refractivity (Wildman–Crippen MR) is 93.6 cm³/mol. The molecule has 0 aromatic heterocycles. The van der Waals surface area contributed by atoms with Crippen molar-refractivity contribution in [2.24, 2.45) is 17.8 Å². The molecule has 1 aromatic rings. The number of alkyl halides is 3. The van der Waals surface area contributed by atoms with E-state index in [4.69, 9.17) is 0 Å². The molecule has 2 aliphatic carbocycles. The number of halogens is 5. The summed E-state index contributed by atoms with van der Waals surface area (Å²) in [4.78, 5) is 0. The van der Waals surface area contributed by atoms with Gasteiger partial charge in [-0.05, 0) is 98.8 Å². The Morgan fingerprint density at radius 3 is 1.81 bits per heavy atom. The molecule has 2 aliphatic rings. The summed E-state index contributed by atoms with van der Waals surface area (Å²) in [6.07, 6.45) is 2.90. The molecule has 0 spiro atoms. The Hall–Kier alpha value is -1.59. The molecule has 1 aromatic carbocycles. The molecule has 0 bridgehead atoms. The van der Waals surface area contributed by atoms with Crippen LogP contribution in [0, 0.1) is 17.8 Å². The molecule has 6 heteroatoms. The Labute approximate surface area is 156 Å². The van der Waals surface area contributed by atoms with Crippen molar-refractivity contribution < 1.29 is 26.7 Å². The van der Waals surface area contributed by atoms with E-state index >= 15 is 0 Å². The summed E-state index contributed by atoms with van der Waals surface area (Å²) < 4.78 is 65.4. The smallest absolute Gasteiger partial charge is 0.406 e. The molecule has 0 amide bonds. The van der Waals surface area contributed by atoms with Gasteiger partial charge in [-0.15, -0.1) is 13.2 Å². The first-order valence-electron chi connectivity index (χ1n) is 9.68. The van der Waals surface area contributed by atoms with E-state index in [0.717, 1.165) is 63.0 Å². The molecule has 3 rings (SSSR count). The van der Waals surface area contributed by atoms with Gasteiger partial charge in [0.1, 0.15) is 5.75 Å². The van der Waals surface area contributed by atoms with Gasteiger partial charge in [-0.25, -0.2) is 0 Å². The number of rotatable bonds is 4. The van der Waals surface area contributed by atoms with Crippen LogP contribution in [0.15, 0.2) is 36.4 Å². The topological polar surface area (TPSA) is 9.23 Å². The van der Waals surface area contributed by atoms with Gasteiger partial charge in [0.25, 0.3) is 6.08 Å².